The molecule has 4 heteroatoms. The van der Waals surface area contributed by atoms with Gasteiger partial charge in [-0.15, -0.1) is 0 Å². The van der Waals surface area contributed by atoms with Crippen LogP contribution in [0.5, 0.6) is 0 Å². The highest BCUT2D eigenvalue weighted by atomic mass is 79.9. The number of β-amino-alcohol motifs (C(OH)–C–C–N with tert-alkyl or cyclic N) is 1. The van der Waals surface area contributed by atoms with Crippen molar-refractivity contribution in [1.82, 2.24) is 5.32 Å². The van der Waals surface area contributed by atoms with E-state index in [-0.39, 0.29) is 0 Å². The van der Waals surface area contributed by atoms with Crippen molar-refractivity contribution < 1.29 is 5.11 Å². The molecule has 1 aliphatic rings. The van der Waals surface area contributed by atoms with Gasteiger partial charge in [-0.1, -0.05) is 22.0 Å². The van der Waals surface area contributed by atoms with Crippen molar-refractivity contribution >= 4 is 21.6 Å². The fourth-order valence-corrected chi connectivity index (χ4v) is 2.58. The molecule has 1 aromatic carbocycles. The molecular formula is C13H19BrN2O. The third-order valence-corrected chi connectivity index (χ3v) is 3.52. The van der Waals surface area contributed by atoms with Gasteiger partial charge in [0, 0.05) is 35.8 Å². The van der Waals surface area contributed by atoms with E-state index in [4.69, 9.17) is 0 Å². The summed E-state index contributed by atoms with van der Waals surface area (Å²) in [4.78, 5) is 2.23. The molecule has 2 atom stereocenters. The summed E-state index contributed by atoms with van der Waals surface area (Å²) in [7, 11) is 0. The van der Waals surface area contributed by atoms with Gasteiger partial charge in [-0.2, -0.15) is 0 Å². The molecule has 2 rings (SSSR count). The summed E-state index contributed by atoms with van der Waals surface area (Å²) >= 11 is 3.49. The molecule has 2 N–H and O–H groups in total. The minimum Gasteiger partial charge on any atom is -0.387 e. The second-order valence-electron chi connectivity index (χ2n) is 5.14. The van der Waals surface area contributed by atoms with Gasteiger partial charge in [-0.05, 0) is 32.0 Å². The molecular weight excluding hydrogens is 280 g/mol. The van der Waals surface area contributed by atoms with Crippen molar-refractivity contribution in [2.75, 3.05) is 24.5 Å². The van der Waals surface area contributed by atoms with Gasteiger partial charge in [-0.25, -0.2) is 0 Å². The molecule has 0 bridgehead atoms. The summed E-state index contributed by atoms with van der Waals surface area (Å²) in [6, 6.07) is 8.59. The molecule has 1 saturated heterocycles. The first kappa shape index (κ1) is 12.9. The minimum absolute atomic E-state index is 0.378. The Labute approximate surface area is 111 Å². The molecule has 0 spiro atoms. The number of nitrogens with one attached hydrogen (secondary N) is 1. The van der Waals surface area contributed by atoms with Crippen molar-refractivity contribution in [3.63, 3.8) is 0 Å². The van der Waals surface area contributed by atoms with E-state index in [1.54, 1.807) is 0 Å². The van der Waals surface area contributed by atoms with E-state index < -0.39 is 5.60 Å². The highest BCUT2D eigenvalue weighted by Crippen LogP contribution is 2.23. The van der Waals surface area contributed by atoms with Crippen molar-refractivity contribution in [1.29, 1.82) is 0 Å². The SMILES string of the molecule is CC1CN(c2cccc(Br)c2)CC(C)(O)CN1. The van der Waals surface area contributed by atoms with Gasteiger partial charge >= 0.3 is 0 Å². The second-order valence-corrected chi connectivity index (χ2v) is 6.05. The van der Waals surface area contributed by atoms with Crippen LogP contribution in [0.1, 0.15) is 13.8 Å². The lowest BCUT2D eigenvalue weighted by Crippen LogP contribution is -2.43. The van der Waals surface area contributed by atoms with Crippen molar-refractivity contribution in [2.45, 2.75) is 25.5 Å². The first-order valence-electron chi connectivity index (χ1n) is 5.92. The predicted molar refractivity (Wildman–Crippen MR) is 74.4 cm³/mol. The lowest BCUT2D eigenvalue weighted by atomic mass is 10.1. The number of anilines is 1. The Morgan fingerprint density at radius 2 is 2.29 bits per heavy atom. The van der Waals surface area contributed by atoms with Gasteiger partial charge in [0.1, 0.15) is 0 Å². The van der Waals surface area contributed by atoms with Gasteiger partial charge in [0.2, 0.25) is 0 Å². The average Bonchev–Trinajstić information content (AvgIpc) is 2.38. The Kier molecular flexibility index (Phi) is 3.76. The molecule has 1 aliphatic heterocycles. The molecule has 0 aliphatic carbocycles. The van der Waals surface area contributed by atoms with Gasteiger partial charge < -0.3 is 15.3 Å². The summed E-state index contributed by atoms with van der Waals surface area (Å²) in [6.45, 7) is 6.22. The van der Waals surface area contributed by atoms with Crippen LogP contribution in [0, 0.1) is 0 Å². The van der Waals surface area contributed by atoms with Crippen molar-refractivity contribution in [2.24, 2.45) is 0 Å². The fourth-order valence-electron chi connectivity index (χ4n) is 2.19. The second kappa shape index (κ2) is 4.96. The fraction of sp³-hybridized carbons (Fsp3) is 0.538. The zero-order valence-corrected chi connectivity index (χ0v) is 11.9. The Morgan fingerprint density at radius 1 is 1.53 bits per heavy atom. The lowest BCUT2D eigenvalue weighted by Gasteiger charge is -2.30. The van der Waals surface area contributed by atoms with E-state index in [2.05, 4.69) is 45.2 Å². The zero-order chi connectivity index (χ0) is 12.5. The smallest absolute Gasteiger partial charge is 0.0917 e. The number of halogens is 1. The standard InChI is InChI=1S/C13H19BrN2O/c1-10-7-16(9-13(2,17)8-15-10)12-5-3-4-11(14)6-12/h3-6,10,15,17H,7-9H2,1-2H3. The molecule has 0 aromatic heterocycles. The van der Waals surface area contributed by atoms with Crippen molar-refractivity contribution in [3.05, 3.63) is 28.7 Å². The van der Waals surface area contributed by atoms with Crippen LogP contribution in [0.4, 0.5) is 5.69 Å². The molecule has 1 aromatic rings. The van der Waals surface area contributed by atoms with Crippen LogP contribution in [0.25, 0.3) is 0 Å². The molecule has 0 radical (unpaired) electrons. The molecule has 1 heterocycles. The van der Waals surface area contributed by atoms with Crippen LogP contribution in [0.15, 0.2) is 28.7 Å². The molecule has 94 valence electrons. The molecule has 17 heavy (non-hydrogen) atoms. The van der Waals surface area contributed by atoms with Gasteiger partial charge in [-0.3, -0.25) is 0 Å². The van der Waals surface area contributed by atoms with E-state index in [9.17, 15) is 5.11 Å². The van der Waals surface area contributed by atoms with Crippen molar-refractivity contribution in [3.8, 4) is 0 Å². The number of hydrogen-bond acceptors (Lipinski definition) is 3. The maximum absolute atomic E-state index is 10.3. The summed E-state index contributed by atoms with van der Waals surface area (Å²) in [6.07, 6.45) is 0. The topological polar surface area (TPSA) is 35.5 Å². The normalized spacial score (nSPS) is 30.1. The predicted octanol–water partition coefficient (Wildman–Crippen LogP) is 2.00. The maximum Gasteiger partial charge on any atom is 0.0917 e. The Hall–Kier alpha value is -0.580. The van der Waals surface area contributed by atoms with Crippen LogP contribution >= 0.6 is 15.9 Å². The van der Waals surface area contributed by atoms with Crippen LogP contribution in [-0.4, -0.2) is 36.4 Å². The molecule has 3 nitrogen and oxygen atoms in total. The maximum atomic E-state index is 10.3. The van der Waals surface area contributed by atoms with Crippen LogP contribution < -0.4 is 10.2 Å². The summed E-state index contributed by atoms with van der Waals surface area (Å²) < 4.78 is 1.07. The van der Waals surface area contributed by atoms with Crippen LogP contribution in [0.2, 0.25) is 0 Å². The molecule has 0 amide bonds. The Balaban J connectivity index is 2.23. The zero-order valence-electron chi connectivity index (χ0n) is 10.3. The van der Waals surface area contributed by atoms with Gasteiger partial charge in [0.15, 0.2) is 0 Å². The average molecular weight is 299 g/mol. The molecule has 0 saturated carbocycles. The number of rotatable bonds is 1. The van der Waals surface area contributed by atoms with E-state index in [1.165, 1.54) is 0 Å². The van der Waals surface area contributed by atoms with E-state index in [1.807, 2.05) is 19.1 Å². The molecule has 1 fully saturated rings. The highest BCUT2D eigenvalue weighted by Gasteiger charge is 2.29. The minimum atomic E-state index is -0.687. The number of benzene rings is 1. The molecule has 2 unspecified atom stereocenters. The quantitative estimate of drug-likeness (QED) is 0.832. The first-order valence-corrected chi connectivity index (χ1v) is 6.72. The monoisotopic (exact) mass is 298 g/mol. The lowest BCUT2D eigenvalue weighted by molar-refractivity contribution is 0.0718. The largest absolute Gasteiger partial charge is 0.387 e. The number of hydrogen-bond donors (Lipinski definition) is 2. The number of aliphatic hydroxyl groups is 1. The van der Waals surface area contributed by atoms with Crippen LogP contribution in [-0.2, 0) is 0 Å². The van der Waals surface area contributed by atoms with Crippen LogP contribution in [0.3, 0.4) is 0 Å². The first-order chi connectivity index (χ1) is 7.96. The summed E-state index contributed by atoms with van der Waals surface area (Å²) in [5.74, 6) is 0. The Morgan fingerprint density at radius 3 is 3.00 bits per heavy atom. The van der Waals surface area contributed by atoms with E-state index in [0.717, 1.165) is 16.7 Å². The number of nitrogens with zero attached hydrogens (tertiary/aromatic N) is 1. The summed E-state index contributed by atoms with van der Waals surface area (Å²) in [5, 5.41) is 13.6. The van der Waals surface area contributed by atoms with E-state index >= 15 is 0 Å². The third-order valence-electron chi connectivity index (χ3n) is 3.03. The van der Waals surface area contributed by atoms with E-state index in [0.29, 0.717) is 19.1 Å². The highest BCUT2D eigenvalue weighted by molar-refractivity contribution is 9.10. The Bertz CT molecular complexity index is 395. The summed E-state index contributed by atoms with van der Waals surface area (Å²) in [5.41, 5.74) is 0.461. The van der Waals surface area contributed by atoms with Gasteiger partial charge in [0.25, 0.3) is 0 Å². The third kappa shape index (κ3) is 3.44. The van der Waals surface area contributed by atoms with Gasteiger partial charge in [0.05, 0.1) is 5.60 Å².